The summed E-state index contributed by atoms with van der Waals surface area (Å²) < 4.78 is 0.783. The average molecular weight is 209 g/mol. The van der Waals surface area contributed by atoms with Crippen LogP contribution in [0.2, 0.25) is 0 Å². The van der Waals surface area contributed by atoms with E-state index in [2.05, 4.69) is 11.9 Å². The van der Waals surface area contributed by atoms with Crippen LogP contribution in [0.15, 0.2) is 43.0 Å². The summed E-state index contributed by atoms with van der Waals surface area (Å²) in [6, 6.07) is 9.90. The van der Waals surface area contributed by atoms with Crippen LogP contribution in [0.25, 0.3) is 0 Å². The number of benzene rings is 1. The van der Waals surface area contributed by atoms with Gasteiger partial charge >= 0.3 is 0 Å². The molecule has 0 aliphatic rings. The number of hydrogen-bond acceptors (Lipinski definition) is 2. The van der Waals surface area contributed by atoms with E-state index in [4.69, 9.17) is 12.2 Å². The quantitative estimate of drug-likeness (QED) is 0.606. The summed E-state index contributed by atoms with van der Waals surface area (Å²) in [5.74, 6) is 0.846. The van der Waals surface area contributed by atoms with Gasteiger partial charge in [-0.1, -0.05) is 48.3 Å². The van der Waals surface area contributed by atoms with E-state index in [9.17, 15) is 0 Å². The van der Waals surface area contributed by atoms with E-state index < -0.39 is 0 Å². The molecule has 1 aromatic carbocycles. The summed E-state index contributed by atoms with van der Waals surface area (Å²) in [6.07, 6.45) is 1.84. The lowest BCUT2D eigenvalue weighted by Gasteiger charge is -2.04. The molecule has 0 aromatic heterocycles. The monoisotopic (exact) mass is 209 g/mol. The van der Waals surface area contributed by atoms with Gasteiger partial charge in [0.25, 0.3) is 0 Å². The number of anilines is 1. The highest BCUT2D eigenvalue weighted by atomic mass is 32.2. The second kappa shape index (κ2) is 5.78. The van der Waals surface area contributed by atoms with Gasteiger partial charge in [-0.2, -0.15) is 0 Å². The van der Waals surface area contributed by atoms with E-state index in [1.807, 2.05) is 36.4 Å². The minimum absolute atomic E-state index is 0.783. The molecule has 0 amide bonds. The Bertz CT molecular complexity index is 282. The molecule has 0 saturated heterocycles. The SMILES string of the molecule is C=CCSC(=S)Nc1ccccc1. The number of thioether (sulfide) groups is 1. The third-order valence-corrected chi connectivity index (χ3v) is 2.57. The second-order valence-corrected chi connectivity index (χ2v) is 4.08. The van der Waals surface area contributed by atoms with Gasteiger partial charge < -0.3 is 5.32 Å². The molecule has 1 rings (SSSR count). The van der Waals surface area contributed by atoms with Gasteiger partial charge in [-0.3, -0.25) is 0 Å². The zero-order valence-electron chi connectivity index (χ0n) is 7.19. The van der Waals surface area contributed by atoms with E-state index >= 15 is 0 Å². The molecule has 1 nitrogen and oxygen atoms in total. The van der Waals surface area contributed by atoms with Crippen LogP contribution in [0.5, 0.6) is 0 Å². The van der Waals surface area contributed by atoms with Gasteiger partial charge in [0.15, 0.2) is 0 Å². The van der Waals surface area contributed by atoms with Crippen LogP contribution in [-0.2, 0) is 0 Å². The first kappa shape index (κ1) is 10.3. The van der Waals surface area contributed by atoms with Crippen molar-refractivity contribution < 1.29 is 0 Å². The Morgan fingerprint density at radius 3 is 2.77 bits per heavy atom. The van der Waals surface area contributed by atoms with Gasteiger partial charge in [0.1, 0.15) is 4.32 Å². The van der Waals surface area contributed by atoms with Crippen LogP contribution in [0.4, 0.5) is 5.69 Å². The third kappa shape index (κ3) is 4.10. The number of nitrogens with one attached hydrogen (secondary N) is 1. The maximum Gasteiger partial charge on any atom is 0.138 e. The third-order valence-electron chi connectivity index (χ3n) is 1.35. The molecule has 0 unspecified atom stereocenters. The minimum Gasteiger partial charge on any atom is -0.341 e. The largest absolute Gasteiger partial charge is 0.341 e. The molecule has 0 heterocycles. The van der Waals surface area contributed by atoms with Gasteiger partial charge in [-0.25, -0.2) is 0 Å². The fraction of sp³-hybridized carbons (Fsp3) is 0.100. The predicted molar refractivity (Wildman–Crippen MR) is 65.3 cm³/mol. The lowest BCUT2D eigenvalue weighted by Crippen LogP contribution is -2.04. The standard InChI is InChI=1S/C10H11NS2/c1-2-8-13-10(12)11-9-6-4-3-5-7-9/h2-7H,1,8H2,(H,11,12). The van der Waals surface area contributed by atoms with Crippen molar-refractivity contribution in [3.05, 3.63) is 43.0 Å². The Morgan fingerprint density at radius 1 is 1.46 bits per heavy atom. The van der Waals surface area contributed by atoms with E-state index in [0.29, 0.717) is 0 Å². The number of para-hydroxylation sites is 1. The molecule has 0 radical (unpaired) electrons. The van der Waals surface area contributed by atoms with Crippen molar-refractivity contribution in [2.45, 2.75) is 0 Å². The summed E-state index contributed by atoms with van der Waals surface area (Å²) in [5, 5.41) is 3.12. The Hall–Kier alpha value is -0.800. The highest BCUT2D eigenvalue weighted by Crippen LogP contribution is 2.10. The molecule has 68 valence electrons. The van der Waals surface area contributed by atoms with Gasteiger partial charge in [0.05, 0.1) is 0 Å². The van der Waals surface area contributed by atoms with E-state index in [-0.39, 0.29) is 0 Å². The predicted octanol–water partition coefficient (Wildman–Crippen LogP) is 3.30. The normalized spacial score (nSPS) is 9.23. The summed E-state index contributed by atoms with van der Waals surface area (Å²) in [7, 11) is 0. The molecular formula is C10H11NS2. The summed E-state index contributed by atoms with van der Waals surface area (Å²) in [4.78, 5) is 0. The van der Waals surface area contributed by atoms with Crippen LogP contribution in [-0.4, -0.2) is 10.1 Å². The fourth-order valence-corrected chi connectivity index (χ4v) is 1.59. The highest BCUT2D eigenvalue weighted by molar-refractivity contribution is 8.23. The van der Waals surface area contributed by atoms with E-state index in [1.165, 1.54) is 0 Å². The lowest BCUT2D eigenvalue weighted by molar-refractivity contribution is 1.66. The topological polar surface area (TPSA) is 12.0 Å². The van der Waals surface area contributed by atoms with Crippen molar-refractivity contribution >= 4 is 34.0 Å². The number of hydrogen-bond donors (Lipinski definition) is 1. The van der Waals surface area contributed by atoms with Crippen molar-refractivity contribution in [2.75, 3.05) is 11.1 Å². The van der Waals surface area contributed by atoms with E-state index in [1.54, 1.807) is 11.8 Å². The van der Waals surface area contributed by atoms with Crippen molar-refractivity contribution in [2.24, 2.45) is 0 Å². The van der Waals surface area contributed by atoms with Crippen LogP contribution >= 0.6 is 24.0 Å². The second-order valence-electron chi connectivity index (χ2n) is 2.38. The Kier molecular flexibility index (Phi) is 4.57. The van der Waals surface area contributed by atoms with Crippen LogP contribution in [0.1, 0.15) is 0 Å². The van der Waals surface area contributed by atoms with Crippen molar-refractivity contribution in [3.63, 3.8) is 0 Å². The van der Waals surface area contributed by atoms with Crippen LogP contribution < -0.4 is 5.32 Å². The van der Waals surface area contributed by atoms with Gasteiger partial charge in [0.2, 0.25) is 0 Å². The summed E-state index contributed by atoms with van der Waals surface area (Å²) in [6.45, 7) is 3.63. The maximum absolute atomic E-state index is 5.11. The first-order chi connectivity index (χ1) is 6.33. The molecule has 1 N–H and O–H groups in total. The van der Waals surface area contributed by atoms with Gasteiger partial charge in [-0.05, 0) is 12.1 Å². The van der Waals surface area contributed by atoms with E-state index in [0.717, 1.165) is 15.8 Å². The fourth-order valence-electron chi connectivity index (χ4n) is 0.810. The summed E-state index contributed by atoms with van der Waals surface area (Å²) in [5.41, 5.74) is 1.03. The molecule has 1 aromatic rings. The highest BCUT2D eigenvalue weighted by Gasteiger charge is 1.95. The molecule has 0 saturated carbocycles. The Labute approximate surface area is 88.2 Å². The molecular weight excluding hydrogens is 198 g/mol. The maximum atomic E-state index is 5.11. The lowest BCUT2D eigenvalue weighted by atomic mass is 10.3. The minimum atomic E-state index is 0.783. The molecule has 0 fully saturated rings. The Morgan fingerprint density at radius 2 is 2.15 bits per heavy atom. The van der Waals surface area contributed by atoms with Crippen LogP contribution in [0.3, 0.4) is 0 Å². The average Bonchev–Trinajstić information content (AvgIpc) is 2.16. The van der Waals surface area contributed by atoms with Gasteiger partial charge in [0, 0.05) is 11.4 Å². The molecule has 13 heavy (non-hydrogen) atoms. The molecule has 0 atom stereocenters. The molecule has 0 spiro atoms. The molecule has 0 bridgehead atoms. The molecule has 0 aliphatic carbocycles. The van der Waals surface area contributed by atoms with Gasteiger partial charge in [-0.15, -0.1) is 6.58 Å². The van der Waals surface area contributed by atoms with Crippen molar-refractivity contribution in [3.8, 4) is 0 Å². The number of rotatable bonds is 3. The Balaban J connectivity index is 2.41. The summed E-state index contributed by atoms with van der Waals surface area (Å²) >= 11 is 6.68. The van der Waals surface area contributed by atoms with Crippen LogP contribution in [0, 0.1) is 0 Å². The number of thiocarbonyl (C=S) groups is 1. The smallest absolute Gasteiger partial charge is 0.138 e. The molecule has 0 aliphatic heterocycles. The zero-order chi connectivity index (χ0) is 9.52. The zero-order valence-corrected chi connectivity index (χ0v) is 8.83. The van der Waals surface area contributed by atoms with Crippen molar-refractivity contribution in [1.29, 1.82) is 0 Å². The first-order valence-corrected chi connectivity index (χ1v) is 5.32. The first-order valence-electron chi connectivity index (χ1n) is 3.92. The molecule has 3 heteroatoms. The van der Waals surface area contributed by atoms with Crippen molar-refractivity contribution in [1.82, 2.24) is 0 Å².